The van der Waals surface area contributed by atoms with E-state index in [1.165, 1.54) is 12.1 Å². The Morgan fingerprint density at radius 2 is 1.80 bits per heavy atom. The minimum atomic E-state index is -3.18. The van der Waals surface area contributed by atoms with E-state index in [-0.39, 0.29) is 11.5 Å². The van der Waals surface area contributed by atoms with Crippen LogP contribution >= 0.6 is 0 Å². The molecule has 0 aliphatic rings. The molecule has 1 aromatic rings. The van der Waals surface area contributed by atoms with Crippen molar-refractivity contribution in [3.8, 4) is 0 Å². The van der Waals surface area contributed by atoms with Gasteiger partial charge in [0.2, 0.25) is 0 Å². The zero-order valence-corrected chi connectivity index (χ0v) is 9.17. The predicted molar refractivity (Wildman–Crippen MR) is 56.1 cm³/mol. The maximum Gasteiger partial charge on any atom is 0.298 e. The molecule has 0 aliphatic heterocycles. The first-order valence-corrected chi connectivity index (χ1v) is 5.02. The van der Waals surface area contributed by atoms with E-state index >= 15 is 0 Å². The van der Waals surface area contributed by atoms with Gasteiger partial charge in [0.15, 0.2) is 0 Å². The van der Waals surface area contributed by atoms with Gasteiger partial charge in [0.1, 0.15) is 6.10 Å². The van der Waals surface area contributed by atoms with Crippen LogP contribution in [-0.2, 0) is 5.92 Å². The van der Waals surface area contributed by atoms with E-state index in [0.717, 1.165) is 12.5 Å². The number of aliphatic hydroxyl groups is 1. The summed E-state index contributed by atoms with van der Waals surface area (Å²) in [6.45, 7) is 4.99. The number of benzene rings is 1. The lowest BCUT2D eigenvalue weighted by atomic mass is 9.96. The highest BCUT2D eigenvalue weighted by Crippen LogP contribution is 2.33. The van der Waals surface area contributed by atoms with E-state index < -0.39 is 12.0 Å². The molecule has 1 rings (SSSR count). The summed E-state index contributed by atoms with van der Waals surface area (Å²) in [6.07, 6.45) is -1.67. The number of hydrogen-bond acceptors (Lipinski definition) is 1. The third kappa shape index (κ3) is 2.53. The third-order valence-electron chi connectivity index (χ3n) is 2.46. The van der Waals surface area contributed by atoms with E-state index in [2.05, 4.69) is 0 Å². The third-order valence-corrected chi connectivity index (χ3v) is 2.46. The maximum absolute atomic E-state index is 13.5. The topological polar surface area (TPSA) is 20.2 Å². The second-order valence-corrected chi connectivity index (χ2v) is 4.08. The minimum absolute atomic E-state index is 0.122. The summed E-state index contributed by atoms with van der Waals surface area (Å²) < 4.78 is 26.9. The van der Waals surface area contributed by atoms with Crippen molar-refractivity contribution in [2.45, 2.75) is 38.7 Å². The van der Waals surface area contributed by atoms with Crippen LogP contribution in [0, 0.1) is 0 Å². The molecule has 0 heterocycles. The largest absolute Gasteiger partial charge is 0.387 e. The lowest BCUT2D eigenvalue weighted by Crippen LogP contribution is -2.28. The molecule has 15 heavy (non-hydrogen) atoms. The Kier molecular flexibility index (Phi) is 3.45. The second kappa shape index (κ2) is 4.27. The van der Waals surface area contributed by atoms with Gasteiger partial charge in [-0.2, -0.15) is 8.78 Å². The molecule has 1 aromatic carbocycles. The maximum atomic E-state index is 13.5. The van der Waals surface area contributed by atoms with Crippen LogP contribution in [0.15, 0.2) is 24.3 Å². The van der Waals surface area contributed by atoms with E-state index in [9.17, 15) is 8.78 Å². The Hall–Kier alpha value is -0.960. The zero-order chi connectivity index (χ0) is 11.6. The van der Waals surface area contributed by atoms with Crippen molar-refractivity contribution >= 4 is 0 Å². The highest BCUT2D eigenvalue weighted by molar-refractivity contribution is 5.29. The molecule has 0 unspecified atom stereocenters. The lowest BCUT2D eigenvalue weighted by molar-refractivity contribution is -0.106. The number of hydrogen-bond donors (Lipinski definition) is 1. The van der Waals surface area contributed by atoms with Crippen LogP contribution in [-0.4, -0.2) is 11.2 Å². The van der Waals surface area contributed by atoms with Crippen molar-refractivity contribution in [3.05, 3.63) is 35.4 Å². The molecule has 0 fully saturated rings. The second-order valence-electron chi connectivity index (χ2n) is 4.08. The number of halogens is 2. The van der Waals surface area contributed by atoms with Crippen molar-refractivity contribution < 1.29 is 13.9 Å². The van der Waals surface area contributed by atoms with Gasteiger partial charge < -0.3 is 5.11 Å². The van der Waals surface area contributed by atoms with Gasteiger partial charge >= 0.3 is 0 Å². The zero-order valence-electron chi connectivity index (χ0n) is 9.17. The van der Waals surface area contributed by atoms with Crippen LogP contribution < -0.4 is 0 Å². The Morgan fingerprint density at radius 1 is 1.20 bits per heavy atom. The summed E-state index contributed by atoms with van der Waals surface area (Å²) >= 11 is 0. The summed E-state index contributed by atoms with van der Waals surface area (Å²) in [4.78, 5) is 0. The van der Waals surface area contributed by atoms with Gasteiger partial charge in [0.25, 0.3) is 5.92 Å². The Balaban J connectivity index is 3.10. The van der Waals surface area contributed by atoms with Gasteiger partial charge in [-0.1, -0.05) is 32.0 Å². The molecule has 0 saturated carbocycles. The van der Waals surface area contributed by atoms with Crippen molar-refractivity contribution in [2.75, 3.05) is 0 Å². The predicted octanol–water partition coefficient (Wildman–Crippen LogP) is 3.28. The van der Waals surface area contributed by atoms with E-state index in [4.69, 9.17) is 5.11 Å². The van der Waals surface area contributed by atoms with Gasteiger partial charge in [-0.15, -0.1) is 0 Å². The molecule has 0 saturated heterocycles. The Morgan fingerprint density at radius 3 is 2.27 bits per heavy atom. The van der Waals surface area contributed by atoms with Crippen molar-refractivity contribution in [1.82, 2.24) is 0 Å². The molecule has 0 spiro atoms. The molecule has 0 amide bonds. The summed E-state index contributed by atoms with van der Waals surface area (Å²) in [6, 6.07) is 6.21. The van der Waals surface area contributed by atoms with Gasteiger partial charge in [0.05, 0.1) is 0 Å². The fourth-order valence-electron chi connectivity index (χ4n) is 1.35. The van der Waals surface area contributed by atoms with Crippen LogP contribution in [0.4, 0.5) is 8.78 Å². The molecular formula is C12H16F2O. The molecule has 0 radical (unpaired) electrons. The first-order valence-electron chi connectivity index (χ1n) is 5.02. The fraction of sp³-hybridized carbons (Fsp3) is 0.500. The van der Waals surface area contributed by atoms with Gasteiger partial charge in [-0.25, -0.2) is 0 Å². The van der Waals surface area contributed by atoms with Gasteiger partial charge in [-0.05, 0) is 24.5 Å². The number of alkyl halides is 2. The number of aliphatic hydroxyl groups excluding tert-OH is 1. The highest BCUT2D eigenvalue weighted by Gasteiger charge is 2.37. The van der Waals surface area contributed by atoms with Crippen LogP contribution in [0.25, 0.3) is 0 Å². The average molecular weight is 214 g/mol. The first-order chi connectivity index (χ1) is 6.85. The summed E-state index contributed by atoms with van der Waals surface area (Å²) in [5, 5.41) is 9.01. The van der Waals surface area contributed by atoms with E-state index in [1.54, 1.807) is 6.07 Å². The van der Waals surface area contributed by atoms with Crippen molar-refractivity contribution in [2.24, 2.45) is 0 Å². The van der Waals surface area contributed by atoms with Crippen molar-refractivity contribution in [3.63, 3.8) is 0 Å². The highest BCUT2D eigenvalue weighted by atomic mass is 19.3. The summed E-state index contributed by atoms with van der Waals surface area (Å²) in [7, 11) is 0. The minimum Gasteiger partial charge on any atom is -0.387 e. The standard InChI is InChI=1S/C12H16F2O/c1-8(2)10-5-4-6-11(7-10)12(13,14)9(3)15/h4-9,15H,1-3H3/t9-/m0/s1. The monoisotopic (exact) mass is 214 g/mol. The Bertz CT molecular complexity index is 332. The molecule has 1 atom stereocenters. The summed E-state index contributed by atoms with van der Waals surface area (Å²) in [5.74, 6) is -2.97. The van der Waals surface area contributed by atoms with Gasteiger partial charge in [0, 0.05) is 5.56 Å². The quantitative estimate of drug-likeness (QED) is 0.818. The van der Waals surface area contributed by atoms with E-state index in [1.807, 2.05) is 19.9 Å². The molecule has 1 nitrogen and oxygen atoms in total. The molecule has 3 heteroatoms. The lowest BCUT2D eigenvalue weighted by Gasteiger charge is -2.20. The smallest absolute Gasteiger partial charge is 0.298 e. The molecule has 0 aliphatic carbocycles. The normalized spacial score (nSPS) is 14.3. The summed E-state index contributed by atoms with van der Waals surface area (Å²) in [5.41, 5.74) is 0.733. The van der Waals surface area contributed by atoms with Gasteiger partial charge in [-0.3, -0.25) is 0 Å². The molecule has 0 bridgehead atoms. The van der Waals surface area contributed by atoms with Crippen LogP contribution in [0.5, 0.6) is 0 Å². The van der Waals surface area contributed by atoms with Crippen LogP contribution in [0.1, 0.15) is 37.8 Å². The van der Waals surface area contributed by atoms with E-state index in [0.29, 0.717) is 0 Å². The average Bonchev–Trinajstić information content (AvgIpc) is 2.17. The molecule has 84 valence electrons. The first kappa shape index (κ1) is 12.1. The fourth-order valence-corrected chi connectivity index (χ4v) is 1.35. The molecular weight excluding hydrogens is 198 g/mol. The Labute approximate surface area is 88.7 Å². The SMILES string of the molecule is CC(C)c1cccc(C(F)(F)[C@H](C)O)c1. The van der Waals surface area contributed by atoms with Crippen LogP contribution in [0.3, 0.4) is 0 Å². The van der Waals surface area contributed by atoms with Crippen molar-refractivity contribution in [1.29, 1.82) is 0 Å². The molecule has 0 aromatic heterocycles. The molecule has 1 N–H and O–H groups in total. The van der Waals surface area contributed by atoms with Crippen LogP contribution in [0.2, 0.25) is 0 Å². The number of rotatable bonds is 3.